The first-order chi connectivity index (χ1) is 8.85. The third-order valence-electron chi connectivity index (χ3n) is 2.49. The van der Waals surface area contributed by atoms with E-state index in [2.05, 4.69) is 15.0 Å². The smallest absolute Gasteiger partial charge is 0.240 e. The molecule has 0 aliphatic heterocycles. The van der Waals surface area contributed by atoms with Crippen LogP contribution in [0.1, 0.15) is 13.3 Å². The molecule has 0 radical (unpaired) electrons. The van der Waals surface area contributed by atoms with Gasteiger partial charge in [-0.15, -0.1) is 0 Å². The van der Waals surface area contributed by atoms with Crippen LogP contribution in [0.3, 0.4) is 0 Å². The van der Waals surface area contributed by atoms with Gasteiger partial charge in [0.15, 0.2) is 0 Å². The zero-order chi connectivity index (χ0) is 14.5. The molecule has 0 bridgehead atoms. The predicted molar refractivity (Wildman–Crippen MR) is 77.1 cm³/mol. The molecule has 1 aromatic heterocycles. The normalized spacial score (nSPS) is 14.9. The minimum Gasteiger partial charge on any atom is -0.373 e. The van der Waals surface area contributed by atoms with E-state index in [1.165, 1.54) is 18.3 Å². The molecule has 0 saturated carbocycles. The van der Waals surface area contributed by atoms with Crippen LogP contribution >= 0.6 is 0 Å². The van der Waals surface area contributed by atoms with Gasteiger partial charge in [0.2, 0.25) is 10.0 Å². The van der Waals surface area contributed by atoms with Gasteiger partial charge in [-0.25, -0.2) is 18.1 Å². The van der Waals surface area contributed by atoms with E-state index >= 15 is 0 Å². The van der Waals surface area contributed by atoms with Gasteiger partial charge in [0.1, 0.15) is 5.82 Å². The highest BCUT2D eigenvalue weighted by Gasteiger charge is 2.18. The number of pyridine rings is 1. The topological polar surface area (TPSA) is 88.2 Å². The minimum atomic E-state index is -3.57. The van der Waals surface area contributed by atoms with Crippen LogP contribution in [0.4, 0.5) is 5.82 Å². The van der Waals surface area contributed by atoms with Crippen LogP contribution in [0, 0.1) is 0 Å². The number of anilines is 1. The second-order valence-electron chi connectivity index (χ2n) is 4.22. The highest BCUT2D eigenvalue weighted by molar-refractivity contribution is 7.89. The highest BCUT2D eigenvalue weighted by Crippen LogP contribution is 2.13. The molecular weight excluding hydrogens is 286 g/mol. The van der Waals surface area contributed by atoms with Crippen LogP contribution in [0.15, 0.2) is 23.2 Å². The lowest BCUT2D eigenvalue weighted by molar-refractivity contribution is 0.555. The van der Waals surface area contributed by atoms with Crippen LogP contribution in [0.2, 0.25) is 0 Å². The van der Waals surface area contributed by atoms with Crippen molar-refractivity contribution in [1.82, 2.24) is 9.71 Å². The third-order valence-corrected chi connectivity index (χ3v) is 4.89. The van der Waals surface area contributed by atoms with E-state index in [4.69, 9.17) is 0 Å². The Morgan fingerprint density at radius 3 is 2.74 bits per heavy atom. The van der Waals surface area contributed by atoms with E-state index in [0.717, 1.165) is 0 Å². The summed E-state index contributed by atoms with van der Waals surface area (Å²) in [7, 11) is -2.82. The molecule has 0 aromatic carbocycles. The van der Waals surface area contributed by atoms with E-state index in [0.29, 0.717) is 18.0 Å². The Kier molecular flexibility index (Phi) is 5.89. The largest absolute Gasteiger partial charge is 0.373 e. The Labute approximate surface area is 116 Å². The molecule has 0 spiro atoms. The fourth-order valence-electron chi connectivity index (χ4n) is 1.45. The molecule has 6 nitrogen and oxygen atoms in total. The Morgan fingerprint density at radius 1 is 1.47 bits per heavy atom. The zero-order valence-electron chi connectivity index (χ0n) is 11.2. The van der Waals surface area contributed by atoms with Crippen LogP contribution in [0.5, 0.6) is 0 Å². The fourth-order valence-corrected chi connectivity index (χ4v) is 3.43. The SMILES string of the molecule is CNc1cc(S(=O)(=O)NC(C)CCS(C)=O)ccn1. The van der Waals surface area contributed by atoms with Gasteiger partial charge in [-0.05, 0) is 19.4 Å². The predicted octanol–water partition coefficient (Wildman–Crippen LogP) is 0.559. The molecule has 1 heterocycles. The Balaban J connectivity index is 2.77. The molecule has 0 aliphatic carbocycles. The molecule has 108 valence electrons. The Hall–Kier alpha value is -0.990. The molecule has 1 aromatic rings. The van der Waals surface area contributed by atoms with Gasteiger partial charge in [-0.3, -0.25) is 4.21 Å². The zero-order valence-corrected chi connectivity index (χ0v) is 12.8. The number of rotatable bonds is 7. The number of aromatic nitrogens is 1. The second kappa shape index (κ2) is 6.97. The maximum atomic E-state index is 12.1. The number of hydrogen-bond donors (Lipinski definition) is 2. The van der Waals surface area contributed by atoms with Gasteiger partial charge in [-0.1, -0.05) is 0 Å². The molecular formula is C11H19N3O3S2. The van der Waals surface area contributed by atoms with Crippen molar-refractivity contribution in [2.75, 3.05) is 24.4 Å². The van der Waals surface area contributed by atoms with Crippen molar-refractivity contribution < 1.29 is 12.6 Å². The van der Waals surface area contributed by atoms with Crippen molar-refractivity contribution >= 4 is 26.6 Å². The molecule has 0 aliphatic rings. The van der Waals surface area contributed by atoms with Crippen molar-refractivity contribution in [1.29, 1.82) is 0 Å². The van der Waals surface area contributed by atoms with Gasteiger partial charge >= 0.3 is 0 Å². The van der Waals surface area contributed by atoms with Crippen LogP contribution in [-0.2, 0) is 20.8 Å². The third kappa shape index (κ3) is 5.25. The summed E-state index contributed by atoms with van der Waals surface area (Å²) >= 11 is 0. The van der Waals surface area contributed by atoms with Gasteiger partial charge in [-0.2, -0.15) is 0 Å². The standard InChI is InChI=1S/C11H19N3O3S2/c1-9(5-7-18(3)15)14-19(16,17)10-4-6-13-11(8-10)12-2/h4,6,8-9,14H,5,7H2,1-3H3,(H,12,13). The maximum Gasteiger partial charge on any atom is 0.240 e. The van der Waals surface area contributed by atoms with Crippen LogP contribution in [-0.4, -0.2) is 42.7 Å². The van der Waals surface area contributed by atoms with Crippen molar-refractivity contribution in [2.24, 2.45) is 0 Å². The lowest BCUT2D eigenvalue weighted by atomic mass is 10.3. The summed E-state index contributed by atoms with van der Waals surface area (Å²) in [4.78, 5) is 4.13. The lowest BCUT2D eigenvalue weighted by Crippen LogP contribution is -2.33. The van der Waals surface area contributed by atoms with Crippen LogP contribution < -0.4 is 10.0 Å². The quantitative estimate of drug-likeness (QED) is 0.768. The highest BCUT2D eigenvalue weighted by atomic mass is 32.2. The van der Waals surface area contributed by atoms with Crippen molar-refractivity contribution in [3.05, 3.63) is 18.3 Å². The average molecular weight is 305 g/mol. The summed E-state index contributed by atoms with van der Waals surface area (Å²) in [5.41, 5.74) is 0. The molecule has 2 unspecified atom stereocenters. The summed E-state index contributed by atoms with van der Waals surface area (Å²) in [6.07, 6.45) is 3.57. The maximum absolute atomic E-state index is 12.1. The number of nitrogens with one attached hydrogen (secondary N) is 2. The summed E-state index contributed by atoms with van der Waals surface area (Å²) in [5, 5.41) is 2.79. The molecule has 8 heteroatoms. The first-order valence-electron chi connectivity index (χ1n) is 5.81. The summed E-state index contributed by atoms with van der Waals surface area (Å²) in [6, 6.07) is 2.64. The van der Waals surface area contributed by atoms with Crippen molar-refractivity contribution in [3.8, 4) is 0 Å². The van der Waals surface area contributed by atoms with E-state index in [1.54, 1.807) is 20.2 Å². The van der Waals surface area contributed by atoms with Gasteiger partial charge in [0, 0.05) is 48.2 Å². The Bertz CT molecular complexity index is 546. The molecule has 0 fully saturated rings. The first kappa shape index (κ1) is 16.1. The van der Waals surface area contributed by atoms with Gasteiger partial charge < -0.3 is 5.32 Å². The summed E-state index contributed by atoms with van der Waals surface area (Å²) in [5.74, 6) is 0.965. The fraction of sp³-hybridized carbons (Fsp3) is 0.545. The van der Waals surface area contributed by atoms with E-state index in [-0.39, 0.29) is 10.9 Å². The second-order valence-corrected chi connectivity index (χ2v) is 7.48. The van der Waals surface area contributed by atoms with Gasteiger partial charge in [0.25, 0.3) is 0 Å². The minimum absolute atomic E-state index is 0.163. The van der Waals surface area contributed by atoms with E-state index < -0.39 is 20.8 Å². The molecule has 19 heavy (non-hydrogen) atoms. The lowest BCUT2D eigenvalue weighted by Gasteiger charge is -2.14. The molecule has 0 amide bonds. The summed E-state index contributed by atoms with van der Waals surface area (Å²) in [6.45, 7) is 1.75. The number of sulfonamides is 1. The summed E-state index contributed by atoms with van der Waals surface area (Å²) < 4.78 is 37.8. The number of nitrogens with zero attached hydrogens (tertiary/aromatic N) is 1. The first-order valence-corrected chi connectivity index (χ1v) is 9.02. The molecule has 1 rings (SSSR count). The average Bonchev–Trinajstić information content (AvgIpc) is 2.36. The molecule has 0 saturated heterocycles. The molecule has 2 atom stereocenters. The number of hydrogen-bond acceptors (Lipinski definition) is 5. The molecule has 2 N–H and O–H groups in total. The van der Waals surface area contributed by atoms with E-state index in [9.17, 15) is 12.6 Å². The Morgan fingerprint density at radius 2 is 2.16 bits per heavy atom. The van der Waals surface area contributed by atoms with Gasteiger partial charge in [0.05, 0.1) is 4.90 Å². The van der Waals surface area contributed by atoms with Crippen molar-refractivity contribution in [3.63, 3.8) is 0 Å². The van der Waals surface area contributed by atoms with Crippen molar-refractivity contribution in [2.45, 2.75) is 24.3 Å². The van der Waals surface area contributed by atoms with Crippen LogP contribution in [0.25, 0.3) is 0 Å². The monoisotopic (exact) mass is 305 g/mol. The van der Waals surface area contributed by atoms with E-state index in [1.807, 2.05) is 0 Å².